The Bertz CT molecular complexity index is 967. The second-order valence-electron chi connectivity index (χ2n) is 4.83. The number of aromatic nitrogens is 4. The molecule has 0 aliphatic rings. The normalized spacial score (nSPS) is 13.8. The number of nitrogen functional groups attached to an aromatic ring is 1. The molecule has 0 radical (unpaired) electrons. The molecule has 0 bridgehead atoms. The van der Waals surface area contributed by atoms with Gasteiger partial charge in [-0.1, -0.05) is 6.92 Å². The molecule has 25 heavy (non-hydrogen) atoms. The first-order valence-corrected chi connectivity index (χ1v) is 8.63. The topological polar surface area (TPSA) is 148 Å². The van der Waals surface area contributed by atoms with Crippen LogP contribution in [0, 0.1) is 0 Å². The first kappa shape index (κ1) is 17.2. The molecule has 0 aliphatic heterocycles. The minimum atomic E-state index is -4.31. The highest BCUT2D eigenvalue weighted by molar-refractivity contribution is 7.47. The summed E-state index contributed by atoms with van der Waals surface area (Å²) in [6, 6.07) is 0. The SMILES string of the molecule is CCc1oc(-n2cnc3c(N)ncnc32)c(OC)c1OP(=O)(O)OC. The van der Waals surface area contributed by atoms with Crippen LogP contribution in [-0.4, -0.2) is 38.6 Å². The lowest BCUT2D eigenvalue weighted by Crippen LogP contribution is -1.99. The molecule has 0 aromatic carbocycles. The molecule has 1 unspecified atom stereocenters. The van der Waals surface area contributed by atoms with Crippen LogP contribution in [0.3, 0.4) is 0 Å². The van der Waals surface area contributed by atoms with Crippen molar-refractivity contribution in [3.8, 4) is 17.4 Å². The number of phosphoric ester groups is 1. The van der Waals surface area contributed by atoms with E-state index in [1.807, 2.05) is 0 Å². The maximum Gasteiger partial charge on any atom is 0.527 e. The molecule has 0 saturated carbocycles. The van der Waals surface area contributed by atoms with Gasteiger partial charge in [0.25, 0.3) is 5.88 Å². The predicted molar refractivity (Wildman–Crippen MR) is 86.7 cm³/mol. The summed E-state index contributed by atoms with van der Waals surface area (Å²) >= 11 is 0. The number of nitrogens with zero attached hydrogens (tertiary/aromatic N) is 4. The second kappa shape index (κ2) is 6.36. The molecule has 134 valence electrons. The molecule has 3 aromatic heterocycles. The van der Waals surface area contributed by atoms with Crippen molar-refractivity contribution in [2.45, 2.75) is 13.3 Å². The van der Waals surface area contributed by atoms with Crippen LogP contribution in [0.5, 0.6) is 11.5 Å². The molecule has 1 atom stereocenters. The molecule has 11 nitrogen and oxygen atoms in total. The van der Waals surface area contributed by atoms with Gasteiger partial charge < -0.3 is 19.4 Å². The zero-order valence-electron chi connectivity index (χ0n) is 13.7. The van der Waals surface area contributed by atoms with Crippen molar-refractivity contribution in [3.05, 3.63) is 18.4 Å². The second-order valence-corrected chi connectivity index (χ2v) is 6.32. The first-order valence-electron chi connectivity index (χ1n) is 7.13. The summed E-state index contributed by atoms with van der Waals surface area (Å²) in [6.45, 7) is 1.79. The standard InChI is InChI=1S/C13H16N5O6P/c1-4-7-9(24-25(19,20)22-3)10(21-2)13(23-7)18-6-17-8-11(14)15-5-16-12(8)18/h5-6H,4H2,1-3H3,(H,19,20)(H2,14,15,16). The van der Waals surface area contributed by atoms with Crippen molar-refractivity contribution in [3.63, 3.8) is 0 Å². The fourth-order valence-electron chi connectivity index (χ4n) is 2.25. The zero-order chi connectivity index (χ0) is 18.2. The van der Waals surface area contributed by atoms with Gasteiger partial charge in [-0.05, 0) is 0 Å². The molecule has 3 aromatic rings. The van der Waals surface area contributed by atoms with Gasteiger partial charge in [0.05, 0.1) is 7.11 Å². The number of furan rings is 1. The highest BCUT2D eigenvalue weighted by Crippen LogP contribution is 2.50. The Hall–Kier alpha value is -2.62. The van der Waals surface area contributed by atoms with Gasteiger partial charge in [-0.2, -0.15) is 0 Å². The number of hydrogen-bond donors (Lipinski definition) is 2. The van der Waals surface area contributed by atoms with E-state index in [0.717, 1.165) is 7.11 Å². The fraction of sp³-hybridized carbons (Fsp3) is 0.308. The fourth-order valence-corrected chi connectivity index (χ4v) is 2.74. The van der Waals surface area contributed by atoms with Crippen LogP contribution in [0.4, 0.5) is 5.82 Å². The number of imidazole rings is 1. The maximum atomic E-state index is 11.8. The van der Waals surface area contributed by atoms with Crippen molar-refractivity contribution >= 4 is 24.8 Å². The third kappa shape index (κ3) is 2.93. The van der Waals surface area contributed by atoms with Crippen LogP contribution in [0.1, 0.15) is 12.7 Å². The van der Waals surface area contributed by atoms with E-state index < -0.39 is 7.82 Å². The third-order valence-electron chi connectivity index (χ3n) is 3.42. The zero-order valence-corrected chi connectivity index (χ0v) is 14.6. The largest absolute Gasteiger partial charge is 0.527 e. The minimum Gasteiger partial charge on any atom is -0.488 e. The Morgan fingerprint density at radius 1 is 1.32 bits per heavy atom. The lowest BCUT2D eigenvalue weighted by Gasteiger charge is -2.11. The number of ether oxygens (including phenoxy) is 1. The predicted octanol–water partition coefficient (Wildman–Crippen LogP) is 1.69. The van der Waals surface area contributed by atoms with Crippen LogP contribution < -0.4 is 15.0 Å². The van der Waals surface area contributed by atoms with Gasteiger partial charge in [-0.3, -0.25) is 9.42 Å². The van der Waals surface area contributed by atoms with Gasteiger partial charge in [-0.15, -0.1) is 0 Å². The van der Waals surface area contributed by atoms with Crippen LogP contribution >= 0.6 is 7.82 Å². The quantitative estimate of drug-likeness (QED) is 0.615. The van der Waals surface area contributed by atoms with Crippen molar-refractivity contribution < 1.29 is 27.7 Å². The molecule has 3 heterocycles. The van der Waals surface area contributed by atoms with E-state index in [9.17, 15) is 9.46 Å². The average Bonchev–Trinajstić information content (AvgIpc) is 3.16. The molecule has 0 aliphatic carbocycles. The third-order valence-corrected chi connectivity index (χ3v) is 4.29. The molecule has 0 saturated heterocycles. The van der Waals surface area contributed by atoms with Crippen LogP contribution in [0.15, 0.2) is 17.1 Å². The number of phosphoric acid groups is 1. The number of fused-ring (bicyclic) bond motifs is 1. The summed E-state index contributed by atoms with van der Waals surface area (Å²) in [5.74, 6) is 0.741. The van der Waals surface area contributed by atoms with Gasteiger partial charge in [0.2, 0.25) is 11.5 Å². The summed E-state index contributed by atoms with van der Waals surface area (Å²) in [5.41, 5.74) is 6.54. The Labute approximate surface area is 142 Å². The number of methoxy groups -OCH3 is 1. The van der Waals surface area contributed by atoms with E-state index in [0.29, 0.717) is 23.3 Å². The molecule has 3 N–H and O–H groups in total. The summed E-state index contributed by atoms with van der Waals surface area (Å²) in [5, 5.41) is 0. The van der Waals surface area contributed by atoms with Gasteiger partial charge >= 0.3 is 7.82 Å². The summed E-state index contributed by atoms with van der Waals surface area (Å²) in [7, 11) is -1.87. The highest BCUT2D eigenvalue weighted by Gasteiger charge is 2.31. The minimum absolute atomic E-state index is 0.0310. The molecule has 3 rings (SSSR count). The van der Waals surface area contributed by atoms with Crippen molar-refractivity contribution in [2.24, 2.45) is 0 Å². The van der Waals surface area contributed by atoms with Gasteiger partial charge in [0.15, 0.2) is 22.7 Å². The lowest BCUT2D eigenvalue weighted by atomic mass is 10.3. The Balaban J connectivity index is 2.21. The summed E-state index contributed by atoms with van der Waals surface area (Å²) in [4.78, 5) is 21.8. The smallest absolute Gasteiger partial charge is 0.488 e. The first-order chi connectivity index (χ1) is 11.9. The monoisotopic (exact) mass is 369 g/mol. The van der Waals surface area contributed by atoms with E-state index in [2.05, 4.69) is 19.5 Å². The van der Waals surface area contributed by atoms with Crippen molar-refractivity contribution in [1.29, 1.82) is 0 Å². The molecular formula is C13H16N5O6P. The Morgan fingerprint density at radius 2 is 2.08 bits per heavy atom. The van der Waals surface area contributed by atoms with Gasteiger partial charge in [0.1, 0.15) is 12.7 Å². The maximum absolute atomic E-state index is 11.8. The summed E-state index contributed by atoms with van der Waals surface area (Å²) in [6.07, 6.45) is 3.09. The van der Waals surface area contributed by atoms with Crippen LogP contribution in [0.2, 0.25) is 0 Å². The van der Waals surface area contributed by atoms with Gasteiger partial charge in [-0.25, -0.2) is 24.1 Å². The van der Waals surface area contributed by atoms with E-state index in [1.54, 1.807) is 6.92 Å². The van der Waals surface area contributed by atoms with E-state index >= 15 is 0 Å². The Kier molecular flexibility index (Phi) is 4.38. The number of nitrogens with two attached hydrogens (primary N) is 1. The van der Waals surface area contributed by atoms with E-state index in [-0.39, 0.29) is 23.2 Å². The van der Waals surface area contributed by atoms with Crippen molar-refractivity contribution in [2.75, 3.05) is 20.0 Å². The van der Waals surface area contributed by atoms with Crippen molar-refractivity contribution in [1.82, 2.24) is 19.5 Å². The highest BCUT2D eigenvalue weighted by atomic mass is 31.2. The van der Waals surface area contributed by atoms with Crippen LogP contribution in [0.25, 0.3) is 17.0 Å². The van der Waals surface area contributed by atoms with Gasteiger partial charge in [0, 0.05) is 13.5 Å². The Morgan fingerprint density at radius 3 is 2.72 bits per heavy atom. The molecule has 0 spiro atoms. The van der Waals surface area contributed by atoms with Crippen LogP contribution in [-0.2, 0) is 15.5 Å². The molecular weight excluding hydrogens is 353 g/mol. The number of hydrogen-bond acceptors (Lipinski definition) is 9. The average molecular weight is 369 g/mol. The lowest BCUT2D eigenvalue weighted by molar-refractivity contribution is 0.237. The number of aryl methyl sites for hydroxylation is 1. The summed E-state index contributed by atoms with van der Waals surface area (Å²) < 4.78 is 33.9. The van der Waals surface area contributed by atoms with E-state index in [4.69, 9.17) is 19.4 Å². The molecule has 0 fully saturated rings. The van der Waals surface area contributed by atoms with E-state index in [1.165, 1.54) is 24.3 Å². The molecule has 12 heteroatoms. The number of anilines is 1. The number of rotatable bonds is 6. The molecule has 0 amide bonds.